The molecule has 104 valence electrons. The minimum atomic E-state index is -4.38. The molecule has 1 aromatic carbocycles. The SMILES string of the molecule is NCC(=O)NC1(c2cccc(C(F)(F)F)c2)CCC1. The van der Waals surface area contributed by atoms with Crippen LogP contribution in [0.2, 0.25) is 0 Å². The number of halogens is 3. The van der Waals surface area contributed by atoms with E-state index < -0.39 is 17.3 Å². The maximum Gasteiger partial charge on any atom is 0.416 e. The zero-order chi connectivity index (χ0) is 14.1. The molecular formula is C13H15F3N2O. The first-order valence-corrected chi connectivity index (χ1v) is 6.06. The van der Waals surface area contributed by atoms with Gasteiger partial charge in [-0.2, -0.15) is 13.2 Å². The molecule has 1 aliphatic carbocycles. The number of hydrogen-bond acceptors (Lipinski definition) is 2. The van der Waals surface area contributed by atoms with Gasteiger partial charge in [-0.25, -0.2) is 0 Å². The van der Waals surface area contributed by atoms with Crippen LogP contribution >= 0.6 is 0 Å². The van der Waals surface area contributed by atoms with Crippen LogP contribution in [-0.4, -0.2) is 12.5 Å². The predicted octanol–water partition coefficient (Wildman–Crippen LogP) is 2.16. The maximum absolute atomic E-state index is 12.7. The molecule has 0 aromatic heterocycles. The molecule has 6 heteroatoms. The van der Waals surface area contributed by atoms with Gasteiger partial charge in [0, 0.05) is 0 Å². The molecular weight excluding hydrogens is 257 g/mol. The van der Waals surface area contributed by atoms with Crippen molar-refractivity contribution in [2.75, 3.05) is 6.54 Å². The standard InChI is InChI=1S/C13H15F3N2O/c14-13(15,16)10-4-1-3-9(7-10)12(5-2-6-12)18-11(19)8-17/h1,3-4,7H,2,5-6,8,17H2,(H,18,19). The van der Waals surface area contributed by atoms with Gasteiger partial charge in [-0.3, -0.25) is 4.79 Å². The Morgan fingerprint density at radius 2 is 2.05 bits per heavy atom. The molecule has 0 radical (unpaired) electrons. The molecule has 2 rings (SSSR count). The van der Waals surface area contributed by atoms with E-state index in [0.29, 0.717) is 18.4 Å². The number of carbonyl (C=O) groups is 1. The first kappa shape index (κ1) is 13.9. The van der Waals surface area contributed by atoms with E-state index in [9.17, 15) is 18.0 Å². The van der Waals surface area contributed by atoms with Crippen molar-refractivity contribution in [2.45, 2.75) is 31.0 Å². The minimum absolute atomic E-state index is 0.166. The van der Waals surface area contributed by atoms with Crippen LogP contribution in [-0.2, 0) is 16.5 Å². The number of alkyl halides is 3. The van der Waals surface area contributed by atoms with Crippen molar-refractivity contribution in [2.24, 2.45) is 5.73 Å². The molecule has 1 aliphatic rings. The van der Waals surface area contributed by atoms with Crippen LogP contribution in [0.25, 0.3) is 0 Å². The highest BCUT2D eigenvalue weighted by Gasteiger charge is 2.41. The fourth-order valence-electron chi connectivity index (χ4n) is 2.33. The van der Waals surface area contributed by atoms with Gasteiger partial charge < -0.3 is 11.1 Å². The number of amides is 1. The van der Waals surface area contributed by atoms with Gasteiger partial charge in [-0.05, 0) is 37.0 Å². The predicted molar refractivity (Wildman–Crippen MR) is 64.2 cm³/mol. The minimum Gasteiger partial charge on any atom is -0.345 e. The van der Waals surface area contributed by atoms with Gasteiger partial charge >= 0.3 is 6.18 Å². The van der Waals surface area contributed by atoms with Gasteiger partial charge in [0.25, 0.3) is 0 Å². The van der Waals surface area contributed by atoms with Gasteiger partial charge in [-0.1, -0.05) is 12.1 Å². The Morgan fingerprint density at radius 3 is 2.53 bits per heavy atom. The van der Waals surface area contributed by atoms with Gasteiger partial charge in [-0.15, -0.1) is 0 Å². The summed E-state index contributed by atoms with van der Waals surface area (Å²) in [6.07, 6.45) is -2.22. The molecule has 1 saturated carbocycles. The molecule has 0 spiro atoms. The van der Waals surface area contributed by atoms with Crippen LogP contribution in [0.5, 0.6) is 0 Å². The van der Waals surface area contributed by atoms with Gasteiger partial charge in [0.15, 0.2) is 0 Å². The molecule has 0 aliphatic heterocycles. The van der Waals surface area contributed by atoms with E-state index in [-0.39, 0.29) is 12.5 Å². The highest BCUT2D eigenvalue weighted by atomic mass is 19.4. The van der Waals surface area contributed by atoms with E-state index in [0.717, 1.165) is 18.6 Å². The van der Waals surface area contributed by atoms with Crippen LogP contribution in [0, 0.1) is 0 Å². The number of rotatable bonds is 3. The Bertz CT molecular complexity index is 481. The molecule has 3 N–H and O–H groups in total. The Morgan fingerprint density at radius 1 is 1.37 bits per heavy atom. The van der Waals surface area contributed by atoms with Crippen molar-refractivity contribution < 1.29 is 18.0 Å². The topological polar surface area (TPSA) is 55.1 Å². The number of hydrogen-bond donors (Lipinski definition) is 2. The molecule has 0 bridgehead atoms. The van der Waals surface area contributed by atoms with E-state index in [1.807, 2.05) is 0 Å². The Hall–Kier alpha value is -1.56. The highest BCUT2D eigenvalue weighted by Crippen LogP contribution is 2.42. The van der Waals surface area contributed by atoms with Crippen molar-refractivity contribution in [3.63, 3.8) is 0 Å². The van der Waals surface area contributed by atoms with Crippen molar-refractivity contribution in [1.82, 2.24) is 5.32 Å². The van der Waals surface area contributed by atoms with E-state index in [1.54, 1.807) is 6.07 Å². The number of nitrogens with two attached hydrogens (primary N) is 1. The second-order valence-corrected chi connectivity index (χ2v) is 4.77. The van der Waals surface area contributed by atoms with E-state index >= 15 is 0 Å². The largest absolute Gasteiger partial charge is 0.416 e. The molecule has 19 heavy (non-hydrogen) atoms. The van der Waals surface area contributed by atoms with Crippen molar-refractivity contribution in [1.29, 1.82) is 0 Å². The molecule has 0 saturated heterocycles. The van der Waals surface area contributed by atoms with Crippen LogP contribution in [0.4, 0.5) is 13.2 Å². The zero-order valence-electron chi connectivity index (χ0n) is 10.3. The molecule has 0 unspecified atom stereocenters. The van der Waals surface area contributed by atoms with Crippen LogP contribution in [0.15, 0.2) is 24.3 Å². The summed E-state index contributed by atoms with van der Waals surface area (Å²) >= 11 is 0. The van der Waals surface area contributed by atoms with Crippen molar-refractivity contribution >= 4 is 5.91 Å². The van der Waals surface area contributed by atoms with E-state index in [1.165, 1.54) is 6.07 Å². The van der Waals surface area contributed by atoms with Gasteiger partial charge in [0.1, 0.15) is 0 Å². The van der Waals surface area contributed by atoms with Crippen molar-refractivity contribution in [3.8, 4) is 0 Å². The summed E-state index contributed by atoms with van der Waals surface area (Å²) in [5, 5.41) is 2.74. The first-order chi connectivity index (χ1) is 8.87. The molecule has 3 nitrogen and oxygen atoms in total. The third kappa shape index (κ3) is 2.73. The quantitative estimate of drug-likeness (QED) is 0.886. The van der Waals surface area contributed by atoms with Crippen LogP contribution in [0.3, 0.4) is 0 Å². The summed E-state index contributed by atoms with van der Waals surface area (Å²) < 4.78 is 38.1. The average Bonchev–Trinajstić information content (AvgIpc) is 2.32. The Kier molecular flexibility index (Phi) is 3.54. The third-order valence-electron chi connectivity index (χ3n) is 3.51. The molecule has 0 heterocycles. The first-order valence-electron chi connectivity index (χ1n) is 6.06. The second kappa shape index (κ2) is 4.85. The molecule has 1 amide bonds. The Balaban J connectivity index is 2.31. The van der Waals surface area contributed by atoms with E-state index in [4.69, 9.17) is 5.73 Å². The fraction of sp³-hybridized carbons (Fsp3) is 0.462. The smallest absolute Gasteiger partial charge is 0.345 e. The van der Waals surface area contributed by atoms with Crippen LogP contribution < -0.4 is 11.1 Å². The lowest BCUT2D eigenvalue weighted by Gasteiger charge is -2.43. The van der Waals surface area contributed by atoms with Gasteiger partial charge in [0.2, 0.25) is 5.91 Å². The second-order valence-electron chi connectivity index (χ2n) is 4.77. The van der Waals surface area contributed by atoms with Gasteiger partial charge in [0.05, 0.1) is 17.6 Å². The highest BCUT2D eigenvalue weighted by molar-refractivity contribution is 5.79. The molecule has 0 atom stereocenters. The van der Waals surface area contributed by atoms with E-state index in [2.05, 4.69) is 5.32 Å². The fourth-order valence-corrected chi connectivity index (χ4v) is 2.33. The maximum atomic E-state index is 12.7. The Labute approximate surface area is 109 Å². The summed E-state index contributed by atoms with van der Waals surface area (Å²) in [5.74, 6) is -0.350. The monoisotopic (exact) mass is 272 g/mol. The number of benzene rings is 1. The van der Waals surface area contributed by atoms with Crippen LogP contribution in [0.1, 0.15) is 30.4 Å². The third-order valence-corrected chi connectivity index (χ3v) is 3.51. The summed E-state index contributed by atoms with van der Waals surface area (Å²) in [4.78, 5) is 11.4. The summed E-state index contributed by atoms with van der Waals surface area (Å²) in [7, 11) is 0. The lowest BCUT2D eigenvalue weighted by molar-refractivity contribution is -0.137. The summed E-state index contributed by atoms with van der Waals surface area (Å²) in [6, 6.07) is 5.12. The molecule has 1 aromatic rings. The average molecular weight is 272 g/mol. The normalized spacial score (nSPS) is 17.7. The molecule has 1 fully saturated rings. The lowest BCUT2D eigenvalue weighted by atomic mass is 9.71. The lowest BCUT2D eigenvalue weighted by Crippen LogP contribution is -2.52. The summed E-state index contributed by atoms with van der Waals surface area (Å²) in [6.45, 7) is -0.166. The zero-order valence-corrected chi connectivity index (χ0v) is 10.3. The number of nitrogens with one attached hydrogen (secondary N) is 1. The summed E-state index contributed by atoms with van der Waals surface area (Å²) in [5.41, 5.74) is 4.36. The number of carbonyl (C=O) groups excluding carboxylic acids is 1. The van der Waals surface area contributed by atoms with Crippen molar-refractivity contribution in [3.05, 3.63) is 35.4 Å².